The first-order chi connectivity index (χ1) is 7.66. The van der Waals surface area contributed by atoms with Crippen molar-refractivity contribution in [3.8, 4) is 0 Å². The van der Waals surface area contributed by atoms with Crippen molar-refractivity contribution in [3.63, 3.8) is 0 Å². The van der Waals surface area contributed by atoms with Gasteiger partial charge in [0.2, 0.25) is 0 Å². The first kappa shape index (κ1) is 12.1. The SMILES string of the molecule is CC(C)C1CNCC(c2ccc(Br)cc2)O1. The fourth-order valence-electron chi connectivity index (χ4n) is 1.93. The summed E-state index contributed by atoms with van der Waals surface area (Å²) in [5.41, 5.74) is 1.25. The molecule has 2 unspecified atom stereocenters. The molecular weight excluding hydrogens is 266 g/mol. The Morgan fingerprint density at radius 1 is 1.25 bits per heavy atom. The minimum Gasteiger partial charge on any atom is -0.367 e. The van der Waals surface area contributed by atoms with Crippen molar-refractivity contribution in [2.75, 3.05) is 13.1 Å². The molecule has 1 aliphatic heterocycles. The minimum absolute atomic E-state index is 0.189. The molecule has 0 spiro atoms. The summed E-state index contributed by atoms with van der Waals surface area (Å²) in [5, 5.41) is 3.44. The molecule has 0 bridgehead atoms. The number of rotatable bonds is 2. The largest absolute Gasteiger partial charge is 0.367 e. The van der Waals surface area contributed by atoms with Gasteiger partial charge in [-0.25, -0.2) is 0 Å². The Hall–Kier alpha value is -0.380. The standard InChI is InChI=1S/C13H18BrNO/c1-9(2)12-7-15-8-13(16-12)10-3-5-11(14)6-4-10/h3-6,9,12-13,15H,7-8H2,1-2H3. The Bertz CT molecular complexity index is 336. The number of nitrogens with one attached hydrogen (secondary N) is 1. The van der Waals surface area contributed by atoms with E-state index in [9.17, 15) is 0 Å². The lowest BCUT2D eigenvalue weighted by molar-refractivity contribution is -0.0603. The molecule has 2 nitrogen and oxygen atoms in total. The first-order valence-corrected chi connectivity index (χ1v) is 6.58. The molecule has 0 saturated carbocycles. The van der Waals surface area contributed by atoms with Crippen LogP contribution in [0.5, 0.6) is 0 Å². The lowest BCUT2D eigenvalue weighted by Gasteiger charge is -2.33. The summed E-state index contributed by atoms with van der Waals surface area (Å²) in [7, 11) is 0. The van der Waals surface area contributed by atoms with Crippen molar-refractivity contribution < 1.29 is 4.74 Å². The Morgan fingerprint density at radius 3 is 2.56 bits per heavy atom. The predicted molar refractivity (Wildman–Crippen MR) is 69.5 cm³/mol. The Kier molecular flexibility index (Phi) is 4.00. The molecule has 0 amide bonds. The average molecular weight is 284 g/mol. The summed E-state index contributed by atoms with van der Waals surface area (Å²) in [4.78, 5) is 0. The van der Waals surface area contributed by atoms with E-state index in [-0.39, 0.29) is 6.10 Å². The summed E-state index contributed by atoms with van der Waals surface area (Å²) >= 11 is 3.45. The lowest BCUT2D eigenvalue weighted by atomic mass is 10.0. The van der Waals surface area contributed by atoms with Crippen molar-refractivity contribution in [2.45, 2.75) is 26.1 Å². The number of benzene rings is 1. The molecule has 0 aromatic heterocycles. The van der Waals surface area contributed by atoms with Crippen molar-refractivity contribution in [2.24, 2.45) is 5.92 Å². The van der Waals surface area contributed by atoms with Gasteiger partial charge in [0, 0.05) is 17.6 Å². The van der Waals surface area contributed by atoms with Crippen LogP contribution in [0.3, 0.4) is 0 Å². The Labute approximate surface area is 106 Å². The maximum absolute atomic E-state index is 6.10. The van der Waals surface area contributed by atoms with E-state index in [2.05, 4.69) is 59.4 Å². The third kappa shape index (κ3) is 2.84. The highest BCUT2D eigenvalue weighted by Gasteiger charge is 2.25. The molecule has 1 heterocycles. The maximum Gasteiger partial charge on any atom is 0.0953 e. The van der Waals surface area contributed by atoms with E-state index in [0.717, 1.165) is 17.6 Å². The summed E-state index contributed by atoms with van der Waals surface area (Å²) in [6.45, 7) is 6.28. The molecule has 0 radical (unpaired) electrons. The Balaban J connectivity index is 2.06. The summed E-state index contributed by atoms with van der Waals surface area (Å²) in [6.07, 6.45) is 0.511. The molecule has 0 aliphatic carbocycles. The van der Waals surface area contributed by atoms with Crippen molar-refractivity contribution >= 4 is 15.9 Å². The number of hydrogen-bond acceptors (Lipinski definition) is 2. The van der Waals surface area contributed by atoms with Crippen LogP contribution in [-0.4, -0.2) is 19.2 Å². The smallest absolute Gasteiger partial charge is 0.0953 e. The third-order valence-corrected chi connectivity index (χ3v) is 3.53. The summed E-state index contributed by atoms with van der Waals surface area (Å²) < 4.78 is 7.21. The van der Waals surface area contributed by atoms with Gasteiger partial charge in [-0.3, -0.25) is 0 Å². The van der Waals surface area contributed by atoms with Gasteiger partial charge < -0.3 is 10.1 Å². The molecule has 1 aromatic carbocycles. The van der Waals surface area contributed by atoms with Crippen LogP contribution < -0.4 is 5.32 Å². The van der Waals surface area contributed by atoms with E-state index in [1.165, 1.54) is 5.56 Å². The zero-order valence-corrected chi connectivity index (χ0v) is 11.3. The highest BCUT2D eigenvalue weighted by atomic mass is 79.9. The number of morpholine rings is 1. The van der Waals surface area contributed by atoms with E-state index < -0.39 is 0 Å². The van der Waals surface area contributed by atoms with Gasteiger partial charge in [0.05, 0.1) is 12.2 Å². The third-order valence-electron chi connectivity index (χ3n) is 3.00. The molecule has 2 atom stereocenters. The molecule has 88 valence electrons. The van der Waals surface area contributed by atoms with Gasteiger partial charge in [-0.15, -0.1) is 0 Å². The molecule has 2 rings (SSSR count). The molecule has 1 aromatic rings. The molecular formula is C13H18BrNO. The number of halogens is 1. The van der Waals surface area contributed by atoms with Gasteiger partial charge in [0.1, 0.15) is 0 Å². The Morgan fingerprint density at radius 2 is 1.94 bits per heavy atom. The predicted octanol–water partition coefficient (Wildman–Crippen LogP) is 3.13. The molecule has 16 heavy (non-hydrogen) atoms. The van der Waals surface area contributed by atoms with E-state index in [1.807, 2.05) is 0 Å². The van der Waals surface area contributed by atoms with Crippen molar-refractivity contribution in [1.29, 1.82) is 0 Å². The highest BCUT2D eigenvalue weighted by Crippen LogP contribution is 2.25. The van der Waals surface area contributed by atoms with Crippen LogP contribution in [0.15, 0.2) is 28.7 Å². The summed E-state index contributed by atoms with van der Waals surface area (Å²) in [5.74, 6) is 0.561. The fraction of sp³-hybridized carbons (Fsp3) is 0.538. The monoisotopic (exact) mass is 283 g/mol. The van der Waals surface area contributed by atoms with Crippen LogP contribution in [-0.2, 0) is 4.74 Å². The van der Waals surface area contributed by atoms with Gasteiger partial charge in [-0.05, 0) is 23.6 Å². The van der Waals surface area contributed by atoms with E-state index in [0.29, 0.717) is 12.0 Å². The van der Waals surface area contributed by atoms with Gasteiger partial charge in [0.15, 0.2) is 0 Å². The van der Waals surface area contributed by atoms with Gasteiger partial charge in [-0.1, -0.05) is 41.9 Å². The molecule has 1 aliphatic rings. The van der Waals surface area contributed by atoms with E-state index >= 15 is 0 Å². The number of hydrogen-bond donors (Lipinski definition) is 1. The van der Waals surface area contributed by atoms with Crippen LogP contribution in [0.2, 0.25) is 0 Å². The zero-order valence-electron chi connectivity index (χ0n) is 9.74. The topological polar surface area (TPSA) is 21.3 Å². The second kappa shape index (κ2) is 5.30. The molecule has 3 heteroatoms. The molecule has 1 fully saturated rings. The molecule has 1 saturated heterocycles. The second-order valence-electron chi connectivity index (χ2n) is 4.62. The maximum atomic E-state index is 6.10. The van der Waals surface area contributed by atoms with Crippen LogP contribution in [0, 0.1) is 5.92 Å². The van der Waals surface area contributed by atoms with Crippen LogP contribution in [0.1, 0.15) is 25.5 Å². The normalized spacial score (nSPS) is 26.0. The fourth-order valence-corrected chi connectivity index (χ4v) is 2.19. The van der Waals surface area contributed by atoms with Crippen LogP contribution in [0.25, 0.3) is 0 Å². The minimum atomic E-state index is 0.189. The van der Waals surface area contributed by atoms with Gasteiger partial charge >= 0.3 is 0 Å². The van der Waals surface area contributed by atoms with E-state index in [1.54, 1.807) is 0 Å². The van der Waals surface area contributed by atoms with Gasteiger partial charge in [0.25, 0.3) is 0 Å². The quantitative estimate of drug-likeness (QED) is 0.901. The van der Waals surface area contributed by atoms with Gasteiger partial charge in [-0.2, -0.15) is 0 Å². The highest BCUT2D eigenvalue weighted by molar-refractivity contribution is 9.10. The second-order valence-corrected chi connectivity index (χ2v) is 5.53. The van der Waals surface area contributed by atoms with E-state index in [4.69, 9.17) is 4.74 Å². The number of ether oxygens (including phenoxy) is 1. The summed E-state index contributed by atoms with van der Waals surface area (Å²) in [6, 6.07) is 8.38. The first-order valence-electron chi connectivity index (χ1n) is 5.78. The van der Waals surface area contributed by atoms with Crippen molar-refractivity contribution in [3.05, 3.63) is 34.3 Å². The van der Waals surface area contributed by atoms with Crippen molar-refractivity contribution in [1.82, 2.24) is 5.32 Å². The lowest BCUT2D eigenvalue weighted by Crippen LogP contribution is -2.43. The average Bonchev–Trinajstić information content (AvgIpc) is 2.30. The zero-order chi connectivity index (χ0) is 11.5. The van der Waals surface area contributed by atoms with Crippen LogP contribution >= 0.6 is 15.9 Å². The van der Waals surface area contributed by atoms with Crippen LogP contribution in [0.4, 0.5) is 0 Å². The molecule has 1 N–H and O–H groups in total.